The Bertz CT molecular complexity index is 860. The number of carbonyl (C=O) groups is 2. The molecule has 0 radical (unpaired) electrons. The van der Waals surface area contributed by atoms with Crippen LogP contribution in [-0.4, -0.2) is 38.4 Å². The molecule has 0 bridgehead atoms. The Hall–Kier alpha value is -2.55. The molecule has 2 aromatic heterocycles. The van der Waals surface area contributed by atoms with Crippen molar-refractivity contribution < 1.29 is 14.0 Å². The third kappa shape index (κ3) is 5.96. The van der Waals surface area contributed by atoms with Crippen LogP contribution in [0.3, 0.4) is 0 Å². The first kappa shape index (κ1) is 21.2. The number of nitrogens with two attached hydrogens (primary N) is 1. The second kappa shape index (κ2) is 10.3. The van der Waals surface area contributed by atoms with Crippen LogP contribution >= 0.6 is 11.8 Å². The molecule has 2 amide bonds. The average molecular weight is 418 g/mol. The van der Waals surface area contributed by atoms with E-state index in [0.717, 1.165) is 19.3 Å². The summed E-state index contributed by atoms with van der Waals surface area (Å²) < 4.78 is 7.18. The number of hydrogen-bond acceptors (Lipinski definition) is 6. The molecule has 0 fully saturated rings. The molecule has 0 aromatic carbocycles. The van der Waals surface area contributed by atoms with E-state index in [0.29, 0.717) is 29.8 Å². The predicted molar refractivity (Wildman–Crippen MR) is 111 cm³/mol. The second-order valence-electron chi connectivity index (χ2n) is 7.06. The summed E-state index contributed by atoms with van der Waals surface area (Å²) >= 11 is 1.30. The Morgan fingerprint density at radius 2 is 2.24 bits per heavy atom. The lowest BCUT2D eigenvalue weighted by atomic mass is 9.97. The fourth-order valence-corrected chi connectivity index (χ4v) is 4.12. The summed E-state index contributed by atoms with van der Waals surface area (Å²) in [6.07, 6.45) is 9.69. The number of thioether (sulfide) groups is 1. The van der Waals surface area contributed by atoms with Crippen molar-refractivity contribution in [1.29, 1.82) is 0 Å². The van der Waals surface area contributed by atoms with Gasteiger partial charge in [0.1, 0.15) is 0 Å². The first-order valence-electron chi connectivity index (χ1n) is 9.92. The van der Waals surface area contributed by atoms with Crippen molar-refractivity contribution >= 4 is 23.6 Å². The first-order valence-corrected chi connectivity index (χ1v) is 10.8. The largest absolute Gasteiger partial charge is 0.461 e. The third-order valence-electron chi connectivity index (χ3n) is 4.82. The summed E-state index contributed by atoms with van der Waals surface area (Å²) in [5.41, 5.74) is 6.74. The van der Waals surface area contributed by atoms with Crippen molar-refractivity contribution in [3.63, 3.8) is 0 Å². The normalized spacial score (nSPS) is 15.0. The Morgan fingerprint density at radius 1 is 1.38 bits per heavy atom. The summed E-state index contributed by atoms with van der Waals surface area (Å²) in [5.74, 6) is 0.598. The fourth-order valence-electron chi connectivity index (χ4n) is 3.22. The van der Waals surface area contributed by atoms with Crippen molar-refractivity contribution in [3.8, 4) is 11.6 Å². The molecular weight excluding hydrogens is 390 g/mol. The van der Waals surface area contributed by atoms with Crippen LogP contribution in [0.5, 0.6) is 0 Å². The number of aromatic nitrogens is 3. The third-order valence-corrected chi connectivity index (χ3v) is 5.90. The van der Waals surface area contributed by atoms with Crippen LogP contribution in [-0.2, 0) is 16.1 Å². The molecule has 0 aliphatic heterocycles. The second-order valence-corrected chi connectivity index (χ2v) is 8.37. The number of amides is 2. The number of rotatable bonds is 10. The zero-order chi connectivity index (χ0) is 20.6. The van der Waals surface area contributed by atoms with Crippen LogP contribution in [0.2, 0.25) is 0 Å². The number of nitrogens with zero attached hydrogens (tertiary/aromatic N) is 3. The van der Waals surface area contributed by atoms with Gasteiger partial charge in [0, 0.05) is 19.5 Å². The van der Waals surface area contributed by atoms with Crippen LogP contribution in [0.25, 0.3) is 11.6 Å². The summed E-state index contributed by atoms with van der Waals surface area (Å²) in [5, 5.41) is 11.6. The summed E-state index contributed by atoms with van der Waals surface area (Å²) in [7, 11) is 0. The van der Waals surface area contributed by atoms with E-state index in [2.05, 4.69) is 21.6 Å². The van der Waals surface area contributed by atoms with Gasteiger partial charge in [0.2, 0.25) is 11.8 Å². The summed E-state index contributed by atoms with van der Waals surface area (Å²) in [6, 6.07) is 3.53. The maximum absolute atomic E-state index is 12.5. The van der Waals surface area contributed by atoms with E-state index in [9.17, 15) is 9.59 Å². The van der Waals surface area contributed by atoms with E-state index in [1.54, 1.807) is 23.0 Å². The average Bonchev–Trinajstić information content (AvgIpc) is 3.36. The van der Waals surface area contributed by atoms with Gasteiger partial charge in [0.05, 0.1) is 11.5 Å². The number of carbonyl (C=O) groups excluding carboxylic acids is 2. The molecule has 156 valence electrons. The Morgan fingerprint density at radius 3 is 2.93 bits per heavy atom. The minimum atomic E-state index is -0.414. The van der Waals surface area contributed by atoms with Gasteiger partial charge in [-0.1, -0.05) is 23.4 Å². The Kier molecular flexibility index (Phi) is 7.51. The van der Waals surface area contributed by atoms with Gasteiger partial charge in [-0.3, -0.25) is 14.2 Å². The SMILES string of the molecule is CC(Sc1nnc(-c2ccco2)n1CCC(N)=O)C(=O)NCCC1=CCCCC1. The van der Waals surface area contributed by atoms with E-state index in [-0.39, 0.29) is 17.6 Å². The molecule has 1 unspecified atom stereocenters. The van der Waals surface area contributed by atoms with E-state index in [1.165, 1.54) is 30.2 Å². The van der Waals surface area contributed by atoms with Crippen molar-refractivity contribution in [3.05, 3.63) is 30.0 Å². The number of allylic oxidation sites excluding steroid dienone is 1. The Labute approximate surface area is 174 Å². The molecule has 1 atom stereocenters. The van der Waals surface area contributed by atoms with Gasteiger partial charge < -0.3 is 15.5 Å². The zero-order valence-electron chi connectivity index (χ0n) is 16.6. The summed E-state index contributed by atoms with van der Waals surface area (Å²) in [4.78, 5) is 23.8. The minimum Gasteiger partial charge on any atom is -0.461 e. The van der Waals surface area contributed by atoms with Gasteiger partial charge in [-0.25, -0.2) is 0 Å². The van der Waals surface area contributed by atoms with Gasteiger partial charge in [-0.2, -0.15) is 0 Å². The number of nitrogens with one attached hydrogen (secondary N) is 1. The molecule has 0 spiro atoms. The smallest absolute Gasteiger partial charge is 0.233 e. The van der Waals surface area contributed by atoms with Gasteiger partial charge in [-0.05, 0) is 51.2 Å². The summed E-state index contributed by atoms with van der Waals surface area (Å²) in [6.45, 7) is 2.80. The highest BCUT2D eigenvalue weighted by Crippen LogP contribution is 2.27. The van der Waals surface area contributed by atoms with Gasteiger partial charge >= 0.3 is 0 Å². The van der Waals surface area contributed by atoms with Crippen molar-refractivity contribution in [2.24, 2.45) is 5.73 Å². The molecule has 1 aliphatic rings. The number of primary amides is 1. The predicted octanol–water partition coefficient (Wildman–Crippen LogP) is 2.90. The molecule has 29 heavy (non-hydrogen) atoms. The fraction of sp³-hybridized carbons (Fsp3) is 0.500. The molecule has 2 heterocycles. The minimum absolute atomic E-state index is 0.0459. The Balaban J connectivity index is 1.61. The maximum atomic E-state index is 12.5. The van der Waals surface area contributed by atoms with E-state index < -0.39 is 5.91 Å². The van der Waals surface area contributed by atoms with E-state index in [1.807, 2.05) is 6.92 Å². The van der Waals surface area contributed by atoms with Crippen LogP contribution in [0.15, 0.2) is 39.6 Å². The molecule has 3 N–H and O–H groups in total. The molecule has 0 saturated heterocycles. The van der Waals surface area contributed by atoms with Crippen LogP contribution in [0.4, 0.5) is 0 Å². The quantitative estimate of drug-likeness (QED) is 0.454. The standard InChI is InChI=1S/C20H27N5O3S/c1-14(19(27)22-11-9-15-6-3-2-4-7-15)29-20-24-23-18(16-8-5-13-28-16)25(20)12-10-17(21)26/h5-6,8,13-14H,2-4,7,9-12H2,1H3,(H2,21,26)(H,22,27). The zero-order valence-corrected chi connectivity index (χ0v) is 17.4. The molecule has 0 saturated carbocycles. The van der Waals surface area contributed by atoms with Crippen molar-refractivity contribution in [2.45, 2.75) is 62.4 Å². The lowest BCUT2D eigenvalue weighted by molar-refractivity contribution is -0.120. The van der Waals surface area contributed by atoms with Crippen molar-refractivity contribution in [2.75, 3.05) is 6.54 Å². The van der Waals surface area contributed by atoms with Crippen LogP contribution in [0, 0.1) is 0 Å². The lowest BCUT2D eigenvalue weighted by Gasteiger charge is -2.15. The van der Waals surface area contributed by atoms with Gasteiger partial charge in [0.25, 0.3) is 0 Å². The molecule has 1 aliphatic carbocycles. The highest BCUT2D eigenvalue weighted by molar-refractivity contribution is 8.00. The maximum Gasteiger partial charge on any atom is 0.233 e. The molecule has 2 aromatic rings. The van der Waals surface area contributed by atoms with Crippen LogP contribution < -0.4 is 11.1 Å². The molecule has 9 heteroatoms. The van der Waals surface area contributed by atoms with Crippen molar-refractivity contribution in [1.82, 2.24) is 20.1 Å². The van der Waals surface area contributed by atoms with Gasteiger partial charge in [0.15, 0.2) is 16.7 Å². The van der Waals surface area contributed by atoms with Crippen LogP contribution in [0.1, 0.15) is 45.4 Å². The topological polar surface area (TPSA) is 116 Å². The molecular formula is C20H27N5O3S. The van der Waals surface area contributed by atoms with E-state index >= 15 is 0 Å². The lowest BCUT2D eigenvalue weighted by Crippen LogP contribution is -2.32. The highest BCUT2D eigenvalue weighted by atomic mass is 32.2. The molecule has 8 nitrogen and oxygen atoms in total. The first-order chi connectivity index (χ1) is 14.0. The monoisotopic (exact) mass is 417 g/mol. The van der Waals surface area contributed by atoms with E-state index in [4.69, 9.17) is 10.2 Å². The highest BCUT2D eigenvalue weighted by Gasteiger charge is 2.22. The number of furan rings is 1. The molecule has 3 rings (SSSR count). The number of hydrogen-bond donors (Lipinski definition) is 2. The van der Waals surface area contributed by atoms with Gasteiger partial charge in [-0.15, -0.1) is 10.2 Å².